The van der Waals surface area contributed by atoms with Crippen molar-refractivity contribution in [3.8, 4) is 0 Å². The minimum atomic E-state index is -3.28. The van der Waals surface area contributed by atoms with Crippen LogP contribution in [-0.2, 0) is 14.8 Å². The van der Waals surface area contributed by atoms with E-state index >= 15 is 0 Å². The highest BCUT2D eigenvalue weighted by Crippen LogP contribution is 2.37. The average molecular weight is 332 g/mol. The second-order valence-corrected chi connectivity index (χ2v) is 8.59. The first kappa shape index (κ1) is 16.0. The fourth-order valence-electron chi connectivity index (χ4n) is 3.43. The number of likely N-dealkylation sites (tertiary alicyclic amines) is 1. The number of hydrogen-bond acceptors (Lipinski definition) is 4. The van der Waals surface area contributed by atoms with E-state index in [-0.39, 0.29) is 11.4 Å². The molecule has 0 aromatic rings. The van der Waals surface area contributed by atoms with Gasteiger partial charge in [-0.1, -0.05) is 0 Å². The van der Waals surface area contributed by atoms with Gasteiger partial charge in [0.25, 0.3) is 0 Å². The molecule has 3 rings (SSSR count). The lowest BCUT2D eigenvalue weighted by Gasteiger charge is -2.45. The lowest BCUT2D eigenvalue weighted by molar-refractivity contribution is -0.153. The zero-order chi connectivity index (χ0) is 15.8. The number of rotatable bonds is 4. The highest BCUT2D eigenvalue weighted by atomic mass is 32.2. The number of carbonyl (C=O) groups is 1. The van der Waals surface area contributed by atoms with E-state index < -0.39 is 22.3 Å². The van der Waals surface area contributed by atoms with Crippen LogP contribution >= 0.6 is 0 Å². The molecule has 0 aromatic heterocycles. The van der Waals surface area contributed by atoms with Crippen LogP contribution < -0.4 is 4.72 Å². The number of amides is 1. The van der Waals surface area contributed by atoms with Gasteiger partial charge >= 0.3 is 6.09 Å². The fraction of sp³-hybridized carbons (Fsp3) is 0.929. The molecule has 126 valence electrons. The summed E-state index contributed by atoms with van der Waals surface area (Å²) < 4.78 is 32.9. The molecule has 1 aliphatic carbocycles. The third-order valence-electron chi connectivity index (χ3n) is 4.90. The molecule has 2 aliphatic heterocycles. The highest BCUT2D eigenvalue weighted by molar-refractivity contribution is 7.89. The molecule has 0 radical (unpaired) electrons. The summed E-state index contributed by atoms with van der Waals surface area (Å²) in [5, 5.41) is 9.01. The first-order chi connectivity index (χ1) is 10.4. The molecule has 1 unspecified atom stereocenters. The number of nitrogens with one attached hydrogen (secondary N) is 1. The summed E-state index contributed by atoms with van der Waals surface area (Å²) in [6, 6.07) is 0. The zero-order valence-corrected chi connectivity index (χ0v) is 13.5. The van der Waals surface area contributed by atoms with Crippen LogP contribution in [-0.4, -0.2) is 55.2 Å². The van der Waals surface area contributed by atoms with Gasteiger partial charge in [-0.2, -0.15) is 4.72 Å². The molecule has 3 aliphatic rings. The molecule has 1 amide bonds. The lowest BCUT2D eigenvalue weighted by Crippen LogP contribution is -2.54. The summed E-state index contributed by atoms with van der Waals surface area (Å²) >= 11 is 0. The number of carboxylic acid groups (broad SMARTS) is 1. The molecular formula is C14H24N2O5S. The van der Waals surface area contributed by atoms with Gasteiger partial charge in [-0.15, -0.1) is 0 Å². The normalized spacial score (nSPS) is 28.7. The Morgan fingerprint density at radius 3 is 2.50 bits per heavy atom. The van der Waals surface area contributed by atoms with Gasteiger partial charge in [-0.25, -0.2) is 13.2 Å². The second kappa shape index (κ2) is 5.98. The topological polar surface area (TPSA) is 95.9 Å². The Labute approximate surface area is 131 Å². The van der Waals surface area contributed by atoms with E-state index in [4.69, 9.17) is 9.84 Å². The highest BCUT2D eigenvalue weighted by Gasteiger charge is 2.42. The van der Waals surface area contributed by atoms with E-state index in [1.54, 1.807) is 0 Å². The first-order valence-corrected chi connectivity index (χ1v) is 9.68. The van der Waals surface area contributed by atoms with E-state index in [1.807, 2.05) is 0 Å². The molecular weight excluding hydrogens is 308 g/mol. The van der Waals surface area contributed by atoms with Crippen molar-refractivity contribution in [3.05, 3.63) is 0 Å². The molecule has 1 saturated carbocycles. The summed E-state index contributed by atoms with van der Waals surface area (Å²) in [7, 11) is -3.28. The smallest absolute Gasteiger partial charge is 0.407 e. The van der Waals surface area contributed by atoms with E-state index in [2.05, 4.69) is 4.72 Å². The summed E-state index contributed by atoms with van der Waals surface area (Å²) in [4.78, 5) is 12.4. The van der Waals surface area contributed by atoms with Gasteiger partial charge < -0.3 is 14.7 Å². The number of sulfonamides is 1. The van der Waals surface area contributed by atoms with E-state index in [0.717, 1.165) is 25.7 Å². The Kier molecular flexibility index (Phi) is 4.35. The van der Waals surface area contributed by atoms with Gasteiger partial charge in [-0.3, -0.25) is 0 Å². The van der Waals surface area contributed by atoms with Crippen molar-refractivity contribution < 1.29 is 23.1 Å². The Balaban J connectivity index is 1.56. The molecule has 1 spiro atoms. The molecule has 22 heavy (non-hydrogen) atoms. The van der Waals surface area contributed by atoms with Crippen molar-refractivity contribution in [1.29, 1.82) is 0 Å². The van der Waals surface area contributed by atoms with Crippen molar-refractivity contribution in [3.63, 3.8) is 0 Å². The van der Waals surface area contributed by atoms with Crippen molar-refractivity contribution in [2.45, 2.75) is 56.8 Å². The third kappa shape index (κ3) is 3.91. The summed E-state index contributed by atoms with van der Waals surface area (Å²) in [6.07, 6.45) is 4.39. The van der Waals surface area contributed by atoms with Crippen molar-refractivity contribution in [2.75, 3.05) is 18.8 Å². The molecule has 2 saturated heterocycles. The maximum Gasteiger partial charge on any atom is 0.407 e. The monoisotopic (exact) mass is 332 g/mol. The second-order valence-electron chi connectivity index (χ2n) is 6.79. The predicted octanol–water partition coefficient (Wildman–Crippen LogP) is 1.35. The maximum atomic E-state index is 12.1. The largest absolute Gasteiger partial charge is 0.465 e. The Morgan fingerprint density at radius 1 is 1.23 bits per heavy atom. The number of hydrogen-bond donors (Lipinski definition) is 2. The maximum absolute atomic E-state index is 12.1. The van der Waals surface area contributed by atoms with Gasteiger partial charge in [0, 0.05) is 13.1 Å². The lowest BCUT2D eigenvalue weighted by atomic mass is 9.84. The van der Waals surface area contributed by atoms with Crippen LogP contribution in [0.5, 0.6) is 0 Å². The van der Waals surface area contributed by atoms with Crippen LogP contribution in [0, 0.1) is 5.92 Å². The molecule has 3 fully saturated rings. The molecule has 8 heteroatoms. The van der Waals surface area contributed by atoms with Crippen LogP contribution in [0.25, 0.3) is 0 Å². The summed E-state index contributed by atoms with van der Waals surface area (Å²) in [6.45, 7) is 0.910. The Bertz CT molecular complexity index is 523. The molecule has 0 aromatic carbocycles. The van der Waals surface area contributed by atoms with Crippen molar-refractivity contribution in [1.82, 2.24) is 9.62 Å². The fourth-order valence-corrected chi connectivity index (χ4v) is 5.05. The van der Waals surface area contributed by atoms with Crippen LogP contribution in [0.2, 0.25) is 0 Å². The molecule has 1 atom stereocenters. The van der Waals surface area contributed by atoms with Crippen molar-refractivity contribution >= 4 is 16.1 Å². The number of nitrogens with zero attached hydrogens (tertiary/aromatic N) is 1. The van der Waals surface area contributed by atoms with Crippen LogP contribution in [0.1, 0.15) is 44.9 Å². The molecule has 2 N–H and O–H groups in total. The van der Waals surface area contributed by atoms with Gasteiger partial charge in [0.05, 0.1) is 11.4 Å². The molecule has 2 heterocycles. The minimum Gasteiger partial charge on any atom is -0.465 e. The first-order valence-electron chi connectivity index (χ1n) is 8.03. The molecule has 0 bridgehead atoms. The van der Waals surface area contributed by atoms with Gasteiger partial charge in [0.1, 0.15) is 6.23 Å². The quantitative estimate of drug-likeness (QED) is 0.810. The van der Waals surface area contributed by atoms with Crippen LogP contribution in [0.4, 0.5) is 4.79 Å². The Morgan fingerprint density at radius 2 is 1.91 bits per heavy atom. The summed E-state index contributed by atoms with van der Waals surface area (Å²) in [5.74, 6) is 0.515. The average Bonchev–Trinajstić information content (AvgIpc) is 3.22. The molecule has 7 nitrogen and oxygen atoms in total. The van der Waals surface area contributed by atoms with Gasteiger partial charge in [0.2, 0.25) is 10.0 Å². The standard InChI is InChI=1S/C14H24N2O5S/c17-13(18)16-8-6-14(7-9-16)5-1-2-12(21-14)15-22(19,20)10-11-3-4-11/h11-12,15H,1-10H2,(H,17,18). The SMILES string of the molecule is O=C(O)N1CCC2(CCCC(NS(=O)(=O)CC3CC3)O2)CC1. The zero-order valence-electron chi connectivity index (χ0n) is 12.7. The summed E-state index contributed by atoms with van der Waals surface area (Å²) in [5.41, 5.74) is -0.364. The van der Waals surface area contributed by atoms with Gasteiger partial charge in [0.15, 0.2) is 0 Å². The predicted molar refractivity (Wildman–Crippen MR) is 79.9 cm³/mol. The van der Waals surface area contributed by atoms with E-state index in [1.165, 1.54) is 4.90 Å². The minimum absolute atomic E-state index is 0.201. The van der Waals surface area contributed by atoms with Crippen LogP contribution in [0.3, 0.4) is 0 Å². The Hall–Kier alpha value is -0.860. The number of ether oxygens (including phenoxy) is 1. The van der Waals surface area contributed by atoms with E-state index in [9.17, 15) is 13.2 Å². The third-order valence-corrected chi connectivity index (χ3v) is 6.43. The number of piperidine rings is 1. The van der Waals surface area contributed by atoms with Gasteiger partial charge in [-0.05, 0) is 50.9 Å². The van der Waals surface area contributed by atoms with Crippen molar-refractivity contribution in [2.24, 2.45) is 5.92 Å². The van der Waals surface area contributed by atoms with Crippen LogP contribution in [0.15, 0.2) is 0 Å². The van der Waals surface area contributed by atoms with E-state index in [0.29, 0.717) is 38.3 Å².